The number of hydrogen-bond donors (Lipinski definition) is 1. The first-order valence-corrected chi connectivity index (χ1v) is 6.13. The van der Waals surface area contributed by atoms with Crippen LogP contribution in [-0.4, -0.2) is 18.2 Å². The van der Waals surface area contributed by atoms with E-state index in [0.717, 1.165) is 13.0 Å². The van der Waals surface area contributed by atoms with Crippen molar-refractivity contribution >= 4 is 0 Å². The fourth-order valence-electron chi connectivity index (χ4n) is 3.10. The van der Waals surface area contributed by atoms with Crippen molar-refractivity contribution in [3.63, 3.8) is 0 Å². The topological polar surface area (TPSA) is 35.2 Å². The van der Waals surface area contributed by atoms with Gasteiger partial charge in [0.2, 0.25) is 0 Å². The molecule has 0 aromatic carbocycles. The lowest BCUT2D eigenvalue weighted by Gasteiger charge is -2.49. The molecule has 2 nitrogen and oxygen atoms in total. The van der Waals surface area contributed by atoms with E-state index in [1.165, 1.54) is 0 Å². The van der Waals surface area contributed by atoms with E-state index < -0.39 is 0 Å². The van der Waals surface area contributed by atoms with Crippen LogP contribution < -0.4 is 5.73 Å². The van der Waals surface area contributed by atoms with Crippen molar-refractivity contribution in [1.29, 1.82) is 0 Å². The minimum absolute atomic E-state index is 0.104. The summed E-state index contributed by atoms with van der Waals surface area (Å²) >= 11 is 0. The second-order valence-corrected chi connectivity index (χ2v) is 6.32. The van der Waals surface area contributed by atoms with Crippen molar-refractivity contribution in [3.8, 4) is 0 Å². The minimum atomic E-state index is -0.152. The molecule has 0 radical (unpaired) electrons. The molecule has 0 bridgehead atoms. The average molecular weight is 213 g/mol. The first-order chi connectivity index (χ1) is 6.73. The van der Waals surface area contributed by atoms with Crippen molar-refractivity contribution in [2.75, 3.05) is 6.61 Å². The molecule has 1 heterocycles. The van der Waals surface area contributed by atoms with E-state index >= 15 is 0 Å². The van der Waals surface area contributed by atoms with Gasteiger partial charge in [-0.1, -0.05) is 41.5 Å². The Morgan fingerprint density at radius 2 is 1.80 bits per heavy atom. The molecule has 2 N–H and O–H groups in total. The van der Waals surface area contributed by atoms with Crippen LogP contribution in [0.25, 0.3) is 0 Å². The van der Waals surface area contributed by atoms with Crippen LogP contribution in [0.4, 0.5) is 0 Å². The third kappa shape index (κ3) is 1.94. The van der Waals surface area contributed by atoms with Crippen molar-refractivity contribution in [3.05, 3.63) is 0 Å². The third-order valence-corrected chi connectivity index (χ3v) is 4.17. The molecule has 90 valence electrons. The van der Waals surface area contributed by atoms with Gasteiger partial charge in [0.15, 0.2) is 0 Å². The Balaban J connectivity index is 3.07. The molecule has 1 fully saturated rings. The lowest BCUT2D eigenvalue weighted by Crippen LogP contribution is -2.59. The smallest absolute Gasteiger partial charge is 0.0909 e. The van der Waals surface area contributed by atoms with Gasteiger partial charge >= 0.3 is 0 Å². The zero-order valence-corrected chi connectivity index (χ0v) is 11.1. The van der Waals surface area contributed by atoms with Gasteiger partial charge in [0.05, 0.1) is 5.60 Å². The lowest BCUT2D eigenvalue weighted by molar-refractivity contribution is -0.133. The second kappa shape index (κ2) is 4.06. The highest BCUT2D eigenvalue weighted by Crippen LogP contribution is 2.48. The molecule has 1 aliphatic heterocycles. The predicted octanol–water partition coefficient (Wildman–Crippen LogP) is 2.81. The van der Waals surface area contributed by atoms with E-state index in [0.29, 0.717) is 11.8 Å². The summed E-state index contributed by atoms with van der Waals surface area (Å²) < 4.78 is 6.12. The van der Waals surface area contributed by atoms with Gasteiger partial charge in [-0.25, -0.2) is 0 Å². The van der Waals surface area contributed by atoms with Crippen LogP contribution in [0.15, 0.2) is 0 Å². The maximum Gasteiger partial charge on any atom is 0.0909 e. The minimum Gasteiger partial charge on any atom is -0.372 e. The summed E-state index contributed by atoms with van der Waals surface area (Å²) in [6, 6.07) is 0.176. The van der Waals surface area contributed by atoms with Gasteiger partial charge in [0, 0.05) is 12.6 Å². The number of rotatable bonds is 2. The Morgan fingerprint density at radius 3 is 2.07 bits per heavy atom. The summed E-state index contributed by atoms with van der Waals surface area (Å²) in [7, 11) is 0. The van der Waals surface area contributed by atoms with Gasteiger partial charge in [0.1, 0.15) is 0 Å². The molecule has 0 aliphatic carbocycles. The molecule has 1 rings (SSSR count). The molecular formula is C13H27NO. The molecule has 0 saturated carbocycles. The zero-order chi connectivity index (χ0) is 11.9. The van der Waals surface area contributed by atoms with E-state index in [1.54, 1.807) is 0 Å². The Labute approximate surface area is 94.6 Å². The molecule has 15 heavy (non-hydrogen) atoms. The Kier molecular flexibility index (Phi) is 3.52. The monoisotopic (exact) mass is 213 g/mol. The van der Waals surface area contributed by atoms with Crippen LogP contribution in [-0.2, 0) is 4.74 Å². The van der Waals surface area contributed by atoms with Crippen LogP contribution in [0, 0.1) is 17.3 Å². The van der Waals surface area contributed by atoms with E-state index in [-0.39, 0.29) is 17.1 Å². The predicted molar refractivity (Wildman–Crippen MR) is 64.7 cm³/mol. The van der Waals surface area contributed by atoms with E-state index in [4.69, 9.17) is 10.5 Å². The fourth-order valence-corrected chi connectivity index (χ4v) is 3.10. The molecule has 0 aromatic rings. The van der Waals surface area contributed by atoms with E-state index in [1.807, 2.05) is 0 Å². The summed E-state index contributed by atoms with van der Waals surface area (Å²) in [4.78, 5) is 0. The SMILES string of the molecule is CC(C)C(C)C1(C(C)(C)C)OCC[C@H]1N. The second-order valence-electron chi connectivity index (χ2n) is 6.32. The highest BCUT2D eigenvalue weighted by Gasteiger charge is 2.54. The van der Waals surface area contributed by atoms with Crippen LogP contribution in [0.2, 0.25) is 0 Å². The van der Waals surface area contributed by atoms with Gasteiger partial charge < -0.3 is 10.5 Å². The number of hydrogen-bond acceptors (Lipinski definition) is 2. The summed E-state index contributed by atoms with van der Waals surface area (Å²) in [5, 5.41) is 0. The lowest BCUT2D eigenvalue weighted by atomic mass is 9.63. The van der Waals surface area contributed by atoms with Crippen LogP contribution in [0.3, 0.4) is 0 Å². The summed E-state index contributed by atoms with van der Waals surface area (Å²) in [5.41, 5.74) is 6.27. The molecule has 2 heteroatoms. The summed E-state index contributed by atoms with van der Waals surface area (Å²) in [5.74, 6) is 1.10. The van der Waals surface area contributed by atoms with Crippen molar-refractivity contribution in [1.82, 2.24) is 0 Å². The first-order valence-electron chi connectivity index (χ1n) is 6.13. The fraction of sp³-hybridized carbons (Fsp3) is 1.00. The van der Waals surface area contributed by atoms with Gasteiger partial charge in [-0.3, -0.25) is 0 Å². The van der Waals surface area contributed by atoms with Gasteiger partial charge in [-0.15, -0.1) is 0 Å². The molecule has 0 aromatic heterocycles. The molecule has 1 saturated heterocycles. The average Bonchev–Trinajstić information content (AvgIpc) is 2.45. The van der Waals surface area contributed by atoms with Gasteiger partial charge in [-0.05, 0) is 23.7 Å². The van der Waals surface area contributed by atoms with Crippen molar-refractivity contribution in [2.45, 2.75) is 59.6 Å². The number of ether oxygens (including phenoxy) is 1. The zero-order valence-electron chi connectivity index (χ0n) is 11.1. The van der Waals surface area contributed by atoms with E-state index in [9.17, 15) is 0 Å². The molecule has 0 amide bonds. The van der Waals surface area contributed by atoms with Crippen LogP contribution in [0.5, 0.6) is 0 Å². The van der Waals surface area contributed by atoms with Gasteiger partial charge in [0.25, 0.3) is 0 Å². The summed E-state index contributed by atoms with van der Waals surface area (Å²) in [6.07, 6.45) is 0.994. The largest absolute Gasteiger partial charge is 0.372 e. The quantitative estimate of drug-likeness (QED) is 0.765. The standard InChI is InChI=1S/C13H27NO/c1-9(2)10(3)13(12(4,5)6)11(14)7-8-15-13/h9-11H,7-8,14H2,1-6H3/t10?,11-,13?/m1/s1. The highest BCUT2D eigenvalue weighted by atomic mass is 16.5. The maximum absolute atomic E-state index is 6.31. The number of nitrogens with two attached hydrogens (primary N) is 1. The Morgan fingerprint density at radius 1 is 1.27 bits per heavy atom. The van der Waals surface area contributed by atoms with Crippen molar-refractivity contribution < 1.29 is 4.74 Å². The van der Waals surface area contributed by atoms with Crippen molar-refractivity contribution in [2.24, 2.45) is 23.0 Å². The molecule has 0 spiro atoms. The Hall–Kier alpha value is -0.0800. The highest BCUT2D eigenvalue weighted by molar-refractivity contribution is 5.07. The third-order valence-electron chi connectivity index (χ3n) is 4.17. The Bertz CT molecular complexity index is 219. The molecule has 1 aliphatic rings. The molecular weight excluding hydrogens is 186 g/mol. The summed E-state index contributed by atoms with van der Waals surface area (Å²) in [6.45, 7) is 14.3. The maximum atomic E-state index is 6.31. The first kappa shape index (κ1) is 13.0. The van der Waals surface area contributed by atoms with Crippen LogP contribution in [0.1, 0.15) is 48.0 Å². The van der Waals surface area contributed by atoms with E-state index in [2.05, 4.69) is 41.5 Å². The normalized spacial score (nSPS) is 34.8. The molecule has 2 unspecified atom stereocenters. The molecule has 3 atom stereocenters. The van der Waals surface area contributed by atoms with Crippen LogP contribution >= 0.6 is 0 Å². The van der Waals surface area contributed by atoms with Gasteiger partial charge in [-0.2, -0.15) is 0 Å².